The third-order valence-corrected chi connectivity index (χ3v) is 5.44. The molecule has 1 aliphatic heterocycles. The summed E-state index contributed by atoms with van der Waals surface area (Å²) in [4.78, 5) is 26.9. The Balaban J connectivity index is 1.69. The maximum Gasteiger partial charge on any atom is 0.253 e. The lowest BCUT2D eigenvalue weighted by molar-refractivity contribution is -0.121. The van der Waals surface area contributed by atoms with Gasteiger partial charge in [0.2, 0.25) is 5.91 Å². The number of hydrogen-bond donors (Lipinski definition) is 2. The van der Waals surface area contributed by atoms with Crippen LogP contribution in [0.1, 0.15) is 23.2 Å². The van der Waals surface area contributed by atoms with Gasteiger partial charge in [0.25, 0.3) is 5.91 Å². The van der Waals surface area contributed by atoms with E-state index in [-0.39, 0.29) is 35.7 Å². The summed E-state index contributed by atoms with van der Waals surface area (Å²) in [5.41, 5.74) is 0.679. The number of halogens is 3. The van der Waals surface area contributed by atoms with Crippen LogP contribution in [0, 0.1) is 5.92 Å². The quantitative estimate of drug-likeness (QED) is 0.688. The van der Waals surface area contributed by atoms with Gasteiger partial charge in [0.1, 0.15) is 5.75 Å². The van der Waals surface area contributed by atoms with Gasteiger partial charge in [-0.05, 0) is 49.2 Å². The first-order chi connectivity index (χ1) is 12.8. The fourth-order valence-corrected chi connectivity index (χ4v) is 3.50. The number of piperidine rings is 1. The predicted octanol–water partition coefficient (Wildman–Crippen LogP) is 4.84. The fraction of sp³-hybridized carbons (Fsp3) is 0.263. The number of hydrogen-bond acceptors (Lipinski definition) is 3. The topological polar surface area (TPSA) is 69.6 Å². The largest absolute Gasteiger partial charge is 0.506 e. The third kappa shape index (κ3) is 4.67. The second-order valence-electron chi connectivity index (χ2n) is 6.37. The van der Waals surface area contributed by atoms with E-state index in [9.17, 15) is 14.7 Å². The van der Waals surface area contributed by atoms with Crippen LogP contribution in [0.25, 0.3) is 0 Å². The molecule has 27 heavy (non-hydrogen) atoms. The highest BCUT2D eigenvalue weighted by molar-refractivity contribution is 6.42. The van der Waals surface area contributed by atoms with Crippen molar-refractivity contribution in [1.29, 1.82) is 0 Å². The number of rotatable bonds is 3. The number of nitrogens with zero attached hydrogens (tertiary/aromatic N) is 1. The lowest BCUT2D eigenvalue weighted by Gasteiger charge is -2.32. The van der Waals surface area contributed by atoms with Crippen LogP contribution in [0.15, 0.2) is 36.4 Å². The Morgan fingerprint density at radius 1 is 1.07 bits per heavy atom. The van der Waals surface area contributed by atoms with Gasteiger partial charge in [-0.25, -0.2) is 0 Å². The standard InChI is InChI=1S/C19H17Cl3N2O3/c20-13-4-6-17(25)16(9-13)23-18(26)12-2-1-7-24(10-12)19(27)11-3-5-14(21)15(22)8-11/h3-6,8-9,12,25H,1-2,7,10H2,(H,23,26). The Kier molecular flexibility index (Phi) is 6.15. The molecular weight excluding hydrogens is 411 g/mol. The predicted molar refractivity (Wildman–Crippen MR) is 107 cm³/mol. The van der Waals surface area contributed by atoms with E-state index in [2.05, 4.69) is 5.32 Å². The minimum absolute atomic E-state index is 0.0627. The highest BCUT2D eigenvalue weighted by Gasteiger charge is 2.29. The van der Waals surface area contributed by atoms with Crippen molar-refractivity contribution < 1.29 is 14.7 Å². The van der Waals surface area contributed by atoms with Gasteiger partial charge in [-0.2, -0.15) is 0 Å². The average molecular weight is 428 g/mol. The summed E-state index contributed by atoms with van der Waals surface area (Å²) in [5.74, 6) is -0.910. The van der Waals surface area contributed by atoms with E-state index in [1.807, 2.05) is 0 Å². The van der Waals surface area contributed by atoms with Gasteiger partial charge in [0.15, 0.2) is 0 Å². The number of phenols is 1. The smallest absolute Gasteiger partial charge is 0.253 e. The van der Waals surface area contributed by atoms with Crippen LogP contribution in [0.4, 0.5) is 5.69 Å². The molecule has 2 N–H and O–H groups in total. The number of carbonyl (C=O) groups excluding carboxylic acids is 2. The van der Waals surface area contributed by atoms with E-state index < -0.39 is 0 Å². The Labute approximate surface area is 171 Å². The minimum atomic E-state index is -0.385. The highest BCUT2D eigenvalue weighted by atomic mass is 35.5. The lowest BCUT2D eigenvalue weighted by atomic mass is 9.96. The lowest BCUT2D eigenvalue weighted by Crippen LogP contribution is -2.43. The summed E-state index contributed by atoms with van der Waals surface area (Å²) in [6.07, 6.45) is 1.35. The number of aromatic hydroxyl groups is 1. The van der Waals surface area contributed by atoms with Crippen LogP contribution >= 0.6 is 34.8 Å². The second-order valence-corrected chi connectivity index (χ2v) is 7.62. The Bertz CT molecular complexity index is 888. The first-order valence-corrected chi connectivity index (χ1v) is 9.52. The summed E-state index contributed by atoms with van der Waals surface area (Å²) < 4.78 is 0. The molecule has 1 aliphatic rings. The van der Waals surface area contributed by atoms with E-state index in [0.29, 0.717) is 40.0 Å². The molecule has 142 valence electrons. The highest BCUT2D eigenvalue weighted by Crippen LogP contribution is 2.29. The minimum Gasteiger partial charge on any atom is -0.506 e. The van der Waals surface area contributed by atoms with Gasteiger partial charge in [-0.15, -0.1) is 0 Å². The molecular formula is C19H17Cl3N2O3. The van der Waals surface area contributed by atoms with Crippen molar-refractivity contribution in [2.75, 3.05) is 18.4 Å². The number of nitrogens with one attached hydrogen (secondary N) is 1. The maximum absolute atomic E-state index is 12.7. The van der Waals surface area contributed by atoms with E-state index in [4.69, 9.17) is 34.8 Å². The molecule has 2 amide bonds. The van der Waals surface area contributed by atoms with Crippen LogP contribution in [0.2, 0.25) is 15.1 Å². The summed E-state index contributed by atoms with van der Waals surface area (Å²) >= 11 is 17.8. The monoisotopic (exact) mass is 426 g/mol. The number of carbonyl (C=O) groups is 2. The van der Waals surface area contributed by atoms with Crippen LogP contribution in [-0.4, -0.2) is 34.9 Å². The van der Waals surface area contributed by atoms with Gasteiger partial charge in [0.05, 0.1) is 21.7 Å². The molecule has 3 rings (SSSR count). The van der Waals surface area contributed by atoms with Crippen molar-refractivity contribution in [3.05, 3.63) is 57.0 Å². The number of phenolic OH excluding ortho intramolecular Hbond substituents is 1. The molecule has 8 heteroatoms. The van der Waals surface area contributed by atoms with Crippen LogP contribution in [-0.2, 0) is 4.79 Å². The molecule has 0 aromatic heterocycles. The average Bonchev–Trinajstić information content (AvgIpc) is 2.66. The van der Waals surface area contributed by atoms with E-state index >= 15 is 0 Å². The zero-order valence-corrected chi connectivity index (χ0v) is 16.5. The molecule has 0 aliphatic carbocycles. The van der Waals surface area contributed by atoms with E-state index in [1.165, 1.54) is 24.3 Å². The number of benzene rings is 2. The van der Waals surface area contributed by atoms with Gasteiger partial charge in [-0.1, -0.05) is 34.8 Å². The van der Waals surface area contributed by atoms with Gasteiger partial charge >= 0.3 is 0 Å². The summed E-state index contributed by atoms with van der Waals surface area (Å²) in [6, 6.07) is 9.15. The molecule has 0 radical (unpaired) electrons. The number of amides is 2. The van der Waals surface area contributed by atoms with Gasteiger partial charge in [0, 0.05) is 23.7 Å². The first kappa shape index (κ1) is 19.8. The molecule has 2 aromatic rings. The van der Waals surface area contributed by atoms with Crippen LogP contribution in [0.3, 0.4) is 0 Å². The van der Waals surface area contributed by atoms with E-state index in [0.717, 1.165) is 0 Å². The van der Waals surface area contributed by atoms with Gasteiger partial charge in [-0.3, -0.25) is 9.59 Å². The molecule has 0 spiro atoms. The molecule has 5 nitrogen and oxygen atoms in total. The van der Waals surface area contributed by atoms with E-state index in [1.54, 1.807) is 17.0 Å². The van der Waals surface area contributed by atoms with Gasteiger partial charge < -0.3 is 15.3 Å². The number of anilines is 1. The molecule has 1 saturated heterocycles. The van der Waals surface area contributed by atoms with Crippen molar-refractivity contribution in [3.8, 4) is 5.75 Å². The molecule has 1 atom stereocenters. The summed E-state index contributed by atoms with van der Waals surface area (Å²) in [5, 5.41) is 13.6. The Morgan fingerprint density at radius 2 is 1.85 bits per heavy atom. The van der Waals surface area contributed by atoms with Crippen LogP contribution in [0.5, 0.6) is 5.75 Å². The van der Waals surface area contributed by atoms with Crippen molar-refractivity contribution in [1.82, 2.24) is 4.90 Å². The zero-order chi connectivity index (χ0) is 19.6. The number of likely N-dealkylation sites (tertiary alicyclic amines) is 1. The van der Waals surface area contributed by atoms with Crippen molar-refractivity contribution in [3.63, 3.8) is 0 Å². The molecule has 1 unspecified atom stereocenters. The molecule has 0 bridgehead atoms. The Hall–Kier alpha value is -1.95. The fourth-order valence-electron chi connectivity index (χ4n) is 3.03. The zero-order valence-electron chi connectivity index (χ0n) is 14.2. The SMILES string of the molecule is O=C(Nc1cc(Cl)ccc1O)C1CCCN(C(=O)c2ccc(Cl)c(Cl)c2)C1. The van der Waals surface area contributed by atoms with Crippen LogP contribution < -0.4 is 5.32 Å². The van der Waals surface area contributed by atoms with Crippen molar-refractivity contribution >= 4 is 52.3 Å². The van der Waals surface area contributed by atoms with Crippen molar-refractivity contribution in [2.24, 2.45) is 5.92 Å². The molecule has 2 aromatic carbocycles. The normalized spacial score (nSPS) is 16.9. The van der Waals surface area contributed by atoms with Crippen molar-refractivity contribution in [2.45, 2.75) is 12.8 Å². The first-order valence-electron chi connectivity index (χ1n) is 8.39. The second kappa shape index (κ2) is 8.38. The summed E-state index contributed by atoms with van der Waals surface area (Å²) in [6.45, 7) is 0.845. The molecule has 0 saturated carbocycles. The summed E-state index contributed by atoms with van der Waals surface area (Å²) in [7, 11) is 0. The maximum atomic E-state index is 12.7. The molecule has 1 heterocycles. The third-order valence-electron chi connectivity index (χ3n) is 4.46. The molecule has 1 fully saturated rings. The Morgan fingerprint density at radius 3 is 2.59 bits per heavy atom.